The number of methoxy groups -OCH3 is 1. The number of aliphatic hydroxyl groups is 1. The number of anilines is 1. The molecule has 1 saturated carbocycles. The Balaban J connectivity index is 0.000000487. The van der Waals surface area contributed by atoms with Gasteiger partial charge in [0.15, 0.2) is 0 Å². The Morgan fingerprint density at radius 2 is 1.70 bits per heavy atom. The molecular weight excluding hydrogens is 949 g/mol. The van der Waals surface area contributed by atoms with Crippen LogP contribution >= 0.6 is 22.9 Å². The first-order valence-corrected chi connectivity index (χ1v) is 24.8. The number of aliphatic hydroxyl groups excluding tert-OH is 1. The number of aldehydes is 2. The van der Waals surface area contributed by atoms with Gasteiger partial charge in [-0.25, -0.2) is 4.98 Å². The second-order valence-electron chi connectivity index (χ2n) is 19.6. The number of rotatable bonds is 17. The molecule has 3 atom stereocenters. The van der Waals surface area contributed by atoms with Crippen molar-refractivity contribution in [3.8, 4) is 22.3 Å². The molecule has 2 fully saturated rings. The van der Waals surface area contributed by atoms with Crippen LogP contribution in [0.5, 0.6) is 5.75 Å². The molecular formula is C54H79ClKN7O6S. The maximum absolute atomic E-state index is 11.8. The fourth-order valence-corrected chi connectivity index (χ4v) is 9.82. The first-order chi connectivity index (χ1) is 32.7. The van der Waals surface area contributed by atoms with Gasteiger partial charge in [0, 0.05) is 43.6 Å². The zero-order valence-corrected chi connectivity index (χ0v) is 49.0. The van der Waals surface area contributed by atoms with Crippen LogP contribution in [0.1, 0.15) is 121 Å². The van der Waals surface area contributed by atoms with Gasteiger partial charge in [-0.1, -0.05) is 109 Å². The van der Waals surface area contributed by atoms with E-state index in [1.165, 1.54) is 41.8 Å². The summed E-state index contributed by atoms with van der Waals surface area (Å²) in [5.41, 5.74) is 8.36. The maximum atomic E-state index is 11.8. The van der Waals surface area contributed by atoms with Crippen LogP contribution < -0.4 is 72.1 Å². The molecule has 6 rings (SSSR count). The summed E-state index contributed by atoms with van der Waals surface area (Å²) in [4.78, 5) is 41.3. The molecule has 1 aliphatic carbocycles. The van der Waals surface area contributed by atoms with Crippen LogP contribution in [0.4, 0.5) is 5.69 Å². The number of carbonyl (C=O) groups excluding carboxylic acids is 3. The van der Waals surface area contributed by atoms with Crippen LogP contribution in [0.2, 0.25) is 5.02 Å². The summed E-state index contributed by atoms with van der Waals surface area (Å²) in [6.07, 6.45) is 7.48. The molecule has 0 bridgehead atoms. The molecule has 70 heavy (non-hydrogen) atoms. The number of likely N-dealkylation sites (tertiary alicyclic amines) is 1. The number of hydrogen-bond acceptors (Lipinski definition) is 12. The number of amides is 1. The minimum Gasteiger partial charge on any atom is -0.641 e. The van der Waals surface area contributed by atoms with Crippen molar-refractivity contribution in [2.24, 2.45) is 16.2 Å². The summed E-state index contributed by atoms with van der Waals surface area (Å²) in [5.74, 6) is 0.384. The summed E-state index contributed by atoms with van der Waals surface area (Å²) >= 11 is 7.41. The van der Waals surface area contributed by atoms with Gasteiger partial charge in [-0.15, -0.1) is 17.4 Å². The topological polar surface area (TPSA) is 180 Å². The zero-order valence-electron chi connectivity index (χ0n) is 44.3. The Bertz CT molecular complexity index is 2160. The summed E-state index contributed by atoms with van der Waals surface area (Å²) in [6, 6.07) is 23.4. The number of unbranched alkanes of at least 4 members (excludes halogenated alkanes) is 1. The van der Waals surface area contributed by atoms with E-state index in [2.05, 4.69) is 106 Å². The van der Waals surface area contributed by atoms with Crippen molar-refractivity contribution in [2.45, 2.75) is 119 Å². The van der Waals surface area contributed by atoms with Gasteiger partial charge < -0.3 is 45.5 Å². The molecule has 380 valence electrons. The molecule has 1 saturated heterocycles. The molecule has 1 aliphatic heterocycles. The maximum Gasteiger partial charge on any atom is 1.00 e. The van der Waals surface area contributed by atoms with Gasteiger partial charge >= 0.3 is 51.4 Å². The first kappa shape index (κ1) is 64.9. The molecule has 13 nitrogen and oxygen atoms in total. The van der Waals surface area contributed by atoms with Crippen molar-refractivity contribution in [1.82, 2.24) is 20.5 Å². The average Bonchev–Trinajstić information content (AvgIpc) is 3.94. The van der Waals surface area contributed by atoms with Crippen LogP contribution in [0.3, 0.4) is 0 Å². The second kappa shape index (κ2) is 32.9. The smallest absolute Gasteiger partial charge is 0.641 e. The van der Waals surface area contributed by atoms with Crippen LogP contribution in [0, 0.1) is 34.5 Å². The zero-order chi connectivity index (χ0) is 51.8. The van der Waals surface area contributed by atoms with E-state index in [-0.39, 0.29) is 75.4 Å². The van der Waals surface area contributed by atoms with Gasteiger partial charge in [0.25, 0.3) is 0 Å². The standard InChI is InChI=1S/C19H28N2O4.C17H22N3S.C9H19N.C8H6ClNO.CH4O.K/c1-19(2,3)17(13-23)21-18(24)14-25-11-5-4-10-20-16-8-6-15(12-22)7-9-16;1-12(19-16-5-4-10-20(16)3)14-6-8-15(9-7-14)17-13(2)18-11-21-17;1-8(2)6-9(3,4)7(8)10-5;1-11-7-3-2-6(5-10)8(9)4-7;1-2;/h6-9,12-13,17,20H,4-5,10-11,14H2,1-3H3,(H,21,24);6-9,11-12,16H,4-5,10H2,1-3H3;7,10H,6H2,1-5H3;2-4H,1H3;2H,1H3;/q;-1;;;;+1/t;12-,16?;;;;/m.0..../s1. The molecule has 1 aromatic heterocycles. The predicted molar refractivity (Wildman–Crippen MR) is 283 cm³/mol. The summed E-state index contributed by atoms with van der Waals surface area (Å²) in [7, 11) is 6.79. The SMILES string of the molecule is CC(C)(C)C(C=O)NC(=O)COCCCCNc1ccc(C=O)cc1.CNC1C(C)(C)CC1(C)C.CO.COc1ccc(C#N)c(Cl)c1.Cc1ncsc1-c1ccc([C@H](C)[N-]C2CCCN2C)cc1.[K+]. The van der Waals surface area contributed by atoms with E-state index in [4.69, 9.17) is 36.8 Å². The van der Waals surface area contributed by atoms with E-state index in [0.717, 1.165) is 50.4 Å². The van der Waals surface area contributed by atoms with E-state index in [1.54, 1.807) is 48.8 Å². The largest absolute Gasteiger partial charge is 1.00 e. The van der Waals surface area contributed by atoms with E-state index in [0.29, 0.717) is 51.5 Å². The van der Waals surface area contributed by atoms with Crippen LogP contribution in [-0.4, -0.2) is 106 Å². The number of ether oxygens (including phenoxy) is 2. The van der Waals surface area contributed by atoms with Crippen molar-refractivity contribution in [3.05, 3.63) is 105 Å². The monoisotopic (exact) mass is 1030 g/mol. The minimum atomic E-state index is -0.515. The molecule has 3 aromatic carbocycles. The normalized spacial score (nSPS) is 16.3. The summed E-state index contributed by atoms with van der Waals surface area (Å²) in [5, 5.41) is 30.2. The predicted octanol–water partition coefficient (Wildman–Crippen LogP) is 7.91. The molecule has 4 aromatic rings. The minimum absolute atomic E-state index is 0. The Hall–Kier alpha value is -3.08. The third kappa shape index (κ3) is 22.0. The van der Waals surface area contributed by atoms with Gasteiger partial charge in [0.05, 0.1) is 39.8 Å². The molecule has 2 heterocycles. The molecule has 4 N–H and O–H groups in total. The quantitative estimate of drug-likeness (QED) is 0.0459. The van der Waals surface area contributed by atoms with Crippen LogP contribution in [0.25, 0.3) is 15.8 Å². The van der Waals surface area contributed by atoms with Crippen molar-refractivity contribution in [3.63, 3.8) is 0 Å². The third-order valence-corrected chi connectivity index (χ3v) is 13.3. The Morgan fingerprint density at radius 1 is 1.06 bits per heavy atom. The van der Waals surface area contributed by atoms with Crippen LogP contribution in [0.15, 0.2) is 72.2 Å². The van der Waals surface area contributed by atoms with Gasteiger partial charge in [-0.05, 0) is 111 Å². The van der Waals surface area contributed by atoms with Gasteiger partial charge in [0.2, 0.25) is 5.91 Å². The number of nitriles is 1. The van der Waals surface area contributed by atoms with Gasteiger partial charge in [0.1, 0.15) is 31.0 Å². The molecule has 2 aliphatic rings. The molecule has 2 unspecified atom stereocenters. The van der Waals surface area contributed by atoms with Gasteiger partial charge in [-0.3, -0.25) is 9.59 Å². The Labute approximate surface area is 471 Å². The number of aryl methyl sites for hydroxylation is 1. The average molecular weight is 1030 g/mol. The molecule has 0 radical (unpaired) electrons. The van der Waals surface area contributed by atoms with E-state index < -0.39 is 6.04 Å². The molecule has 0 spiro atoms. The number of benzene rings is 3. The fourth-order valence-electron chi connectivity index (χ4n) is 8.79. The number of thiazole rings is 1. The summed E-state index contributed by atoms with van der Waals surface area (Å²) in [6.45, 7) is 21.7. The van der Waals surface area contributed by atoms with Crippen molar-refractivity contribution in [2.75, 3.05) is 59.9 Å². The first-order valence-electron chi connectivity index (χ1n) is 23.6. The number of aromatic nitrogens is 1. The number of nitrogens with one attached hydrogen (secondary N) is 3. The number of halogens is 1. The number of carbonyl (C=O) groups is 3. The van der Waals surface area contributed by atoms with Crippen molar-refractivity contribution >= 4 is 47.1 Å². The third-order valence-electron chi connectivity index (χ3n) is 12.0. The van der Waals surface area contributed by atoms with E-state index in [9.17, 15) is 14.4 Å². The number of nitrogens with zero attached hydrogens (tertiary/aromatic N) is 4. The van der Waals surface area contributed by atoms with E-state index in [1.807, 2.05) is 44.5 Å². The second-order valence-corrected chi connectivity index (χ2v) is 20.9. The molecule has 16 heteroatoms. The van der Waals surface area contributed by atoms with Crippen molar-refractivity contribution < 1.29 is 80.3 Å². The van der Waals surface area contributed by atoms with Crippen LogP contribution in [-0.2, 0) is 14.3 Å². The van der Waals surface area contributed by atoms with Gasteiger partial charge in [-0.2, -0.15) is 5.26 Å². The number of hydrogen-bond donors (Lipinski definition) is 4. The Morgan fingerprint density at radius 3 is 2.16 bits per heavy atom. The summed E-state index contributed by atoms with van der Waals surface area (Å²) < 4.78 is 10.2. The van der Waals surface area contributed by atoms with E-state index >= 15 is 0 Å². The Kier molecular flexibility index (Phi) is 30.5. The molecule has 1 amide bonds. The van der Waals surface area contributed by atoms with Crippen molar-refractivity contribution in [1.29, 1.82) is 5.26 Å². The fraction of sp³-hybridized carbons (Fsp3) is 0.537.